The molecule has 1 atom stereocenters. The van der Waals surface area contributed by atoms with E-state index in [1.807, 2.05) is 0 Å². The molecule has 0 amide bonds. The molecule has 1 aromatic rings. The van der Waals surface area contributed by atoms with Crippen molar-refractivity contribution in [3.05, 3.63) is 16.9 Å². The van der Waals surface area contributed by atoms with E-state index < -0.39 is 0 Å². The molecule has 1 rings (SSSR count). The lowest BCUT2D eigenvalue weighted by atomic mass is 10.3. The fourth-order valence-electron chi connectivity index (χ4n) is 0.825. The first-order valence-corrected chi connectivity index (χ1v) is 5.26. The maximum atomic E-state index is 4.12. The van der Waals surface area contributed by atoms with Crippen molar-refractivity contribution in [1.29, 1.82) is 0 Å². The summed E-state index contributed by atoms with van der Waals surface area (Å²) in [6, 6.07) is 0.460. The van der Waals surface area contributed by atoms with Crippen LogP contribution in [0.25, 0.3) is 0 Å². The highest BCUT2D eigenvalue weighted by Gasteiger charge is 2.04. The second-order valence-corrected chi connectivity index (χ2v) is 4.33. The second kappa shape index (κ2) is 5.26. The lowest BCUT2D eigenvalue weighted by molar-refractivity contribution is 0.326. The summed E-state index contributed by atoms with van der Waals surface area (Å²) in [5.41, 5.74) is 0. The van der Waals surface area contributed by atoms with Gasteiger partial charge in [0, 0.05) is 25.0 Å². The summed E-state index contributed by atoms with van der Waals surface area (Å²) in [5, 5.41) is 3.17. The molecule has 14 heavy (non-hydrogen) atoms. The molecule has 0 saturated carbocycles. The standard InChI is InChI=1S/C9H15BrN4/c1-7(14(2)3)4-11-9-12-5-8(10)6-13-9/h5-7H,4H2,1-3H3,(H,11,12,13). The smallest absolute Gasteiger partial charge is 0.222 e. The normalized spacial score (nSPS) is 12.9. The summed E-state index contributed by atoms with van der Waals surface area (Å²) in [4.78, 5) is 10.4. The Bertz CT molecular complexity index is 273. The van der Waals surface area contributed by atoms with Gasteiger partial charge in [0.2, 0.25) is 5.95 Å². The van der Waals surface area contributed by atoms with Gasteiger partial charge < -0.3 is 10.2 Å². The van der Waals surface area contributed by atoms with E-state index in [1.165, 1.54) is 0 Å². The average molecular weight is 259 g/mol. The first-order chi connectivity index (χ1) is 6.59. The third kappa shape index (κ3) is 3.59. The zero-order valence-electron chi connectivity index (χ0n) is 8.66. The molecule has 0 fully saturated rings. The second-order valence-electron chi connectivity index (χ2n) is 3.42. The van der Waals surface area contributed by atoms with Crippen LogP contribution in [0.1, 0.15) is 6.92 Å². The molecule has 1 heterocycles. The monoisotopic (exact) mass is 258 g/mol. The predicted molar refractivity (Wildman–Crippen MR) is 61.4 cm³/mol. The molecular weight excluding hydrogens is 244 g/mol. The summed E-state index contributed by atoms with van der Waals surface area (Å²) < 4.78 is 0.892. The van der Waals surface area contributed by atoms with Crippen molar-refractivity contribution in [1.82, 2.24) is 14.9 Å². The molecule has 0 aliphatic carbocycles. The molecule has 0 radical (unpaired) electrons. The molecule has 0 aromatic carbocycles. The van der Waals surface area contributed by atoms with E-state index in [-0.39, 0.29) is 0 Å². The molecule has 0 bridgehead atoms. The lowest BCUT2D eigenvalue weighted by Gasteiger charge is -2.19. The van der Waals surface area contributed by atoms with Crippen LogP contribution in [0, 0.1) is 0 Å². The highest BCUT2D eigenvalue weighted by Crippen LogP contribution is 2.06. The summed E-state index contributed by atoms with van der Waals surface area (Å²) in [7, 11) is 4.10. The number of rotatable bonds is 4. The summed E-state index contributed by atoms with van der Waals surface area (Å²) in [5.74, 6) is 0.668. The largest absolute Gasteiger partial charge is 0.353 e. The van der Waals surface area contributed by atoms with Crippen molar-refractivity contribution in [3.8, 4) is 0 Å². The van der Waals surface area contributed by atoms with Gasteiger partial charge in [-0.25, -0.2) is 9.97 Å². The van der Waals surface area contributed by atoms with Crippen molar-refractivity contribution >= 4 is 21.9 Å². The van der Waals surface area contributed by atoms with E-state index in [0.717, 1.165) is 11.0 Å². The van der Waals surface area contributed by atoms with E-state index in [2.05, 4.69) is 57.1 Å². The van der Waals surface area contributed by atoms with E-state index in [4.69, 9.17) is 0 Å². The van der Waals surface area contributed by atoms with Gasteiger partial charge in [-0.05, 0) is 36.9 Å². The van der Waals surface area contributed by atoms with Crippen LogP contribution in [-0.2, 0) is 0 Å². The highest BCUT2D eigenvalue weighted by molar-refractivity contribution is 9.10. The van der Waals surface area contributed by atoms with Gasteiger partial charge in [-0.15, -0.1) is 0 Å². The Morgan fingerprint density at radius 2 is 2.00 bits per heavy atom. The van der Waals surface area contributed by atoms with Crippen LogP contribution >= 0.6 is 15.9 Å². The third-order valence-corrected chi connectivity index (χ3v) is 2.47. The highest BCUT2D eigenvalue weighted by atomic mass is 79.9. The maximum Gasteiger partial charge on any atom is 0.222 e. The first-order valence-electron chi connectivity index (χ1n) is 4.47. The molecule has 78 valence electrons. The topological polar surface area (TPSA) is 41.1 Å². The Morgan fingerprint density at radius 1 is 1.43 bits per heavy atom. The molecular formula is C9H15BrN4. The molecule has 0 aliphatic rings. The van der Waals surface area contributed by atoms with Gasteiger partial charge in [0.05, 0.1) is 4.47 Å². The number of hydrogen-bond donors (Lipinski definition) is 1. The van der Waals surface area contributed by atoms with E-state index in [9.17, 15) is 0 Å². The quantitative estimate of drug-likeness (QED) is 0.891. The van der Waals surface area contributed by atoms with Crippen LogP contribution in [0.5, 0.6) is 0 Å². The Balaban J connectivity index is 2.42. The minimum atomic E-state index is 0.460. The molecule has 0 aliphatic heterocycles. The van der Waals surface area contributed by atoms with Gasteiger partial charge in [0.1, 0.15) is 0 Å². The number of halogens is 1. The number of likely N-dealkylation sites (N-methyl/N-ethyl adjacent to an activating group) is 1. The van der Waals surface area contributed by atoms with Gasteiger partial charge in [0.25, 0.3) is 0 Å². The molecule has 4 nitrogen and oxygen atoms in total. The van der Waals surface area contributed by atoms with Crippen molar-refractivity contribution in [2.45, 2.75) is 13.0 Å². The molecule has 1 N–H and O–H groups in total. The van der Waals surface area contributed by atoms with E-state index >= 15 is 0 Å². The number of anilines is 1. The molecule has 1 aromatic heterocycles. The van der Waals surface area contributed by atoms with Gasteiger partial charge >= 0.3 is 0 Å². The Kier molecular flexibility index (Phi) is 4.28. The van der Waals surface area contributed by atoms with Gasteiger partial charge in [-0.3, -0.25) is 0 Å². The number of nitrogens with one attached hydrogen (secondary N) is 1. The van der Waals surface area contributed by atoms with Crippen LogP contribution in [0.2, 0.25) is 0 Å². The minimum Gasteiger partial charge on any atom is -0.353 e. The van der Waals surface area contributed by atoms with Crippen LogP contribution in [0.4, 0.5) is 5.95 Å². The lowest BCUT2D eigenvalue weighted by Crippen LogP contribution is -2.31. The van der Waals surface area contributed by atoms with Crippen LogP contribution in [0.15, 0.2) is 16.9 Å². The first kappa shape index (κ1) is 11.4. The van der Waals surface area contributed by atoms with Gasteiger partial charge in [-0.1, -0.05) is 0 Å². The molecule has 5 heteroatoms. The summed E-state index contributed by atoms with van der Waals surface area (Å²) in [6.45, 7) is 2.99. The average Bonchev–Trinajstić information content (AvgIpc) is 2.16. The van der Waals surface area contributed by atoms with Gasteiger partial charge in [-0.2, -0.15) is 0 Å². The van der Waals surface area contributed by atoms with Crippen LogP contribution < -0.4 is 5.32 Å². The maximum absolute atomic E-state index is 4.12. The number of nitrogens with zero attached hydrogens (tertiary/aromatic N) is 3. The van der Waals surface area contributed by atoms with Crippen molar-refractivity contribution in [2.24, 2.45) is 0 Å². The van der Waals surface area contributed by atoms with Crippen molar-refractivity contribution in [3.63, 3.8) is 0 Å². The van der Waals surface area contributed by atoms with Crippen LogP contribution in [0.3, 0.4) is 0 Å². The number of aromatic nitrogens is 2. The van der Waals surface area contributed by atoms with Crippen LogP contribution in [-0.4, -0.2) is 41.5 Å². The van der Waals surface area contributed by atoms with E-state index in [0.29, 0.717) is 12.0 Å². The fraction of sp³-hybridized carbons (Fsp3) is 0.556. The zero-order valence-corrected chi connectivity index (χ0v) is 10.2. The van der Waals surface area contributed by atoms with E-state index in [1.54, 1.807) is 12.4 Å². The third-order valence-electron chi connectivity index (χ3n) is 2.06. The fourth-order valence-corrected chi connectivity index (χ4v) is 1.03. The van der Waals surface area contributed by atoms with Crippen molar-refractivity contribution < 1.29 is 0 Å². The van der Waals surface area contributed by atoms with Gasteiger partial charge in [0.15, 0.2) is 0 Å². The molecule has 1 unspecified atom stereocenters. The molecule has 0 spiro atoms. The Morgan fingerprint density at radius 3 is 2.50 bits per heavy atom. The number of hydrogen-bond acceptors (Lipinski definition) is 4. The minimum absolute atomic E-state index is 0.460. The molecule has 0 saturated heterocycles. The zero-order chi connectivity index (χ0) is 10.6. The van der Waals surface area contributed by atoms with Crippen molar-refractivity contribution in [2.75, 3.05) is 26.0 Å². The summed E-state index contributed by atoms with van der Waals surface area (Å²) in [6.07, 6.45) is 3.46. The Hall–Kier alpha value is -0.680. The predicted octanol–water partition coefficient (Wildman–Crippen LogP) is 1.60. The SMILES string of the molecule is CC(CNc1ncc(Br)cn1)N(C)C. The Labute approximate surface area is 92.9 Å². The summed E-state index contributed by atoms with van der Waals surface area (Å²) >= 11 is 3.29.